The third-order valence-electron chi connectivity index (χ3n) is 1.76. The lowest BCUT2D eigenvalue weighted by Crippen LogP contribution is -2.40. The van der Waals surface area contributed by atoms with Crippen LogP contribution in [0, 0.1) is 10.1 Å². The van der Waals surface area contributed by atoms with Gasteiger partial charge in [0.2, 0.25) is 5.91 Å². The van der Waals surface area contributed by atoms with E-state index < -0.39 is 16.7 Å². The molecule has 0 fully saturated rings. The summed E-state index contributed by atoms with van der Waals surface area (Å²) in [7, 11) is 0. The second-order valence-electron chi connectivity index (χ2n) is 3.06. The molecule has 90 valence electrons. The normalized spacial score (nSPS) is 9.53. The molecule has 0 bridgehead atoms. The second kappa shape index (κ2) is 5.39. The van der Waals surface area contributed by atoms with Crippen LogP contribution in [0.4, 0.5) is 5.69 Å². The maximum absolute atomic E-state index is 11.5. The first-order valence-electron chi connectivity index (χ1n) is 4.42. The Labute approximate surface area is 104 Å². The van der Waals surface area contributed by atoms with Gasteiger partial charge >= 0.3 is 0 Å². The van der Waals surface area contributed by atoms with Crippen molar-refractivity contribution in [2.45, 2.75) is 6.92 Å². The van der Waals surface area contributed by atoms with Crippen LogP contribution < -0.4 is 10.9 Å². The van der Waals surface area contributed by atoms with Gasteiger partial charge in [0.1, 0.15) is 0 Å². The predicted molar refractivity (Wildman–Crippen MR) is 62.1 cm³/mol. The van der Waals surface area contributed by atoms with Crippen LogP contribution in [0.3, 0.4) is 0 Å². The van der Waals surface area contributed by atoms with Crippen LogP contribution in [0.15, 0.2) is 22.7 Å². The van der Waals surface area contributed by atoms with Crippen LogP contribution in [0.1, 0.15) is 17.3 Å². The summed E-state index contributed by atoms with van der Waals surface area (Å²) in [5.41, 5.74) is 4.05. The van der Waals surface area contributed by atoms with E-state index in [-0.39, 0.29) is 15.7 Å². The molecule has 0 aromatic heterocycles. The van der Waals surface area contributed by atoms with Crippen molar-refractivity contribution in [1.29, 1.82) is 0 Å². The van der Waals surface area contributed by atoms with E-state index in [9.17, 15) is 19.7 Å². The quantitative estimate of drug-likeness (QED) is 0.631. The number of benzene rings is 1. The lowest BCUT2D eigenvalue weighted by atomic mass is 10.2. The standard InChI is InChI=1S/C9H8BrN3O4/c1-5(14)11-12-9(15)6-2-3-7(10)8(4-6)13(16)17/h2-4H,1H3,(H,11,14)(H,12,15). The predicted octanol–water partition coefficient (Wildman–Crippen LogP) is 1.14. The number of hydrogen-bond donors (Lipinski definition) is 2. The summed E-state index contributed by atoms with van der Waals surface area (Å²) in [6, 6.07) is 3.90. The Balaban J connectivity index is 2.92. The summed E-state index contributed by atoms with van der Waals surface area (Å²) in [6.07, 6.45) is 0. The van der Waals surface area contributed by atoms with Gasteiger partial charge in [0, 0.05) is 18.6 Å². The molecule has 2 N–H and O–H groups in total. The van der Waals surface area contributed by atoms with Crippen molar-refractivity contribution >= 4 is 33.4 Å². The van der Waals surface area contributed by atoms with E-state index in [0.717, 1.165) is 6.07 Å². The zero-order valence-corrected chi connectivity index (χ0v) is 10.3. The summed E-state index contributed by atoms with van der Waals surface area (Å²) >= 11 is 3.00. The molecule has 2 amide bonds. The lowest BCUT2D eigenvalue weighted by molar-refractivity contribution is -0.385. The summed E-state index contributed by atoms with van der Waals surface area (Å²) in [5.74, 6) is -1.07. The van der Waals surface area contributed by atoms with Crippen LogP contribution in [0.5, 0.6) is 0 Å². The molecule has 0 heterocycles. The summed E-state index contributed by atoms with van der Waals surface area (Å²) in [4.78, 5) is 32.1. The molecule has 0 radical (unpaired) electrons. The van der Waals surface area contributed by atoms with Gasteiger partial charge in [-0.3, -0.25) is 30.6 Å². The van der Waals surface area contributed by atoms with Crippen molar-refractivity contribution in [1.82, 2.24) is 10.9 Å². The van der Waals surface area contributed by atoms with Gasteiger partial charge < -0.3 is 0 Å². The third-order valence-corrected chi connectivity index (χ3v) is 2.43. The fourth-order valence-electron chi connectivity index (χ4n) is 1.01. The number of nitrogens with zero attached hydrogens (tertiary/aromatic N) is 1. The molecule has 7 nitrogen and oxygen atoms in total. The van der Waals surface area contributed by atoms with Crippen LogP contribution in [0.25, 0.3) is 0 Å². The fraction of sp³-hybridized carbons (Fsp3) is 0.111. The Kier molecular flexibility index (Phi) is 4.16. The molecule has 17 heavy (non-hydrogen) atoms. The first-order chi connectivity index (χ1) is 7.91. The first-order valence-corrected chi connectivity index (χ1v) is 5.22. The second-order valence-corrected chi connectivity index (χ2v) is 3.91. The summed E-state index contributed by atoms with van der Waals surface area (Å²) in [5, 5.41) is 10.6. The molecule has 0 spiro atoms. The molecule has 0 aliphatic rings. The highest BCUT2D eigenvalue weighted by Crippen LogP contribution is 2.25. The van der Waals surface area contributed by atoms with Crippen molar-refractivity contribution in [3.05, 3.63) is 38.3 Å². The minimum atomic E-state index is -0.629. The van der Waals surface area contributed by atoms with E-state index in [0.29, 0.717) is 0 Å². The van der Waals surface area contributed by atoms with Gasteiger partial charge in [0.05, 0.1) is 9.40 Å². The van der Waals surface area contributed by atoms with E-state index in [1.807, 2.05) is 0 Å². The number of hydrogen-bond acceptors (Lipinski definition) is 4. The minimum Gasteiger partial charge on any atom is -0.274 e. The van der Waals surface area contributed by atoms with Crippen LogP contribution in [-0.4, -0.2) is 16.7 Å². The number of carbonyl (C=O) groups excluding carboxylic acids is 2. The number of halogens is 1. The molecular weight excluding hydrogens is 294 g/mol. The van der Waals surface area contributed by atoms with Crippen LogP contribution in [-0.2, 0) is 4.79 Å². The summed E-state index contributed by atoms with van der Waals surface area (Å²) in [6.45, 7) is 1.23. The topological polar surface area (TPSA) is 101 Å². The molecule has 0 unspecified atom stereocenters. The number of nitro benzene ring substituents is 1. The van der Waals surface area contributed by atoms with E-state index in [1.165, 1.54) is 19.1 Å². The maximum atomic E-state index is 11.5. The van der Waals surface area contributed by atoms with E-state index >= 15 is 0 Å². The lowest BCUT2D eigenvalue weighted by Gasteiger charge is -2.05. The molecule has 0 aliphatic heterocycles. The van der Waals surface area contributed by atoms with Gasteiger partial charge in [0.25, 0.3) is 11.6 Å². The number of rotatable bonds is 2. The van der Waals surface area contributed by atoms with Gasteiger partial charge in [-0.25, -0.2) is 0 Å². The zero-order chi connectivity index (χ0) is 13.0. The molecule has 0 saturated carbocycles. The number of nitrogens with one attached hydrogen (secondary N) is 2. The molecule has 8 heteroatoms. The van der Waals surface area contributed by atoms with Crippen molar-refractivity contribution in [2.75, 3.05) is 0 Å². The number of hydrazine groups is 1. The highest BCUT2D eigenvalue weighted by molar-refractivity contribution is 9.10. The van der Waals surface area contributed by atoms with Gasteiger partial charge in [-0.1, -0.05) is 0 Å². The van der Waals surface area contributed by atoms with Crippen molar-refractivity contribution in [3.8, 4) is 0 Å². The minimum absolute atomic E-state index is 0.0775. The SMILES string of the molecule is CC(=O)NNC(=O)c1ccc(Br)c([N+](=O)[O-])c1. The number of carbonyl (C=O) groups is 2. The molecule has 0 atom stereocenters. The third kappa shape index (κ3) is 3.52. The maximum Gasteiger partial charge on any atom is 0.284 e. The van der Waals surface area contributed by atoms with Crippen LogP contribution in [0.2, 0.25) is 0 Å². The Morgan fingerprint density at radius 2 is 2.00 bits per heavy atom. The zero-order valence-electron chi connectivity index (χ0n) is 8.69. The molecule has 0 saturated heterocycles. The van der Waals surface area contributed by atoms with E-state index in [4.69, 9.17) is 0 Å². The van der Waals surface area contributed by atoms with Gasteiger partial charge in [-0.2, -0.15) is 0 Å². The smallest absolute Gasteiger partial charge is 0.274 e. The Morgan fingerprint density at radius 3 is 2.53 bits per heavy atom. The Bertz CT molecular complexity index is 489. The number of nitro groups is 1. The van der Waals surface area contributed by atoms with Crippen LogP contribution >= 0.6 is 15.9 Å². The van der Waals surface area contributed by atoms with Crippen molar-refractivity contribution in [2.24, 2.45) is 0 Å². The van der Waals surface area contributed by atoms with Crippen molar-refractivity contribution < 1.29 is 14.5 Å². The average Bonchev–Trinajstić information content (AvgIpc) is 2.26. The Hall–Kier alpha value is -1.96. The largest absolute Gasteiger partial charge is 0.284 e. The highest BCUT2D eigenvalue weighted by atomic mass is 79.9. The van der Waals surface area contributed by atoms with Gasteiger partial charge in [-0.05, 0) is 28.1 Å². The van der Waals surface area contributed by atoms with Crippen molar-refractivity contribution in [3.63, 3.8) is 0 Å². The molecule has 1 rings (SSSR count). The average molecular weight is 302 g/mol. The molecule has 1 aromatic carbocycles. The Morgan fingerprint density at radius 1 is 1.35 bits per heavy atom. The van der Waals surface area contributed by atoms with E-state index in [2.05, 4.69) is 26.8 Å². The molecular formula is C9H8BrN3O4. The highest BCUT2D eigenvalue weighted by Gasteiger charge is 2.15. The van der Waals surface area contributed by atoms with Gasteiger partial charge in [0.15, 0.2) is 0 Å². The van der Waals surface area contributed by atoms with Gasteiger partial charge in [-0.15, -0.1) is 0 Å². The summed E-state index contributed by atoms with van der Waals surface area (Å²) < 4.78 is 0.276. The van der Waals surface area contributed by atoms with E-state index in [1.54, 1.807) is 0 Å². The molecule has 0 aliphatic carbocycles. The monoisotopic (exact) mass is 301 g/mol. The number of amides is 2. The fourth-order valence-corrected chi connectivity index (χ4v) is 1.40. The first kappa shape index (κ1) is 13.1. The molecule has 1 aromatic rings.